The number of amides is 1. The van der Waals surface area contributed by atoms with Crippen molar-refractivity contribution in [1.29, 1.82) is 5.26 Å². The fraction of sp³-hybridized carbons (Fsp3) is 0.333. The Bertz CT molecular complexity index is 2040. The van der Waals surface area contributed by atoms with Gasteiger partial charge < -0.3 is 19.1 Å². The minimum absolute atomic E-state index is 0.116. The Kier molecular flexibility index (Phi) is 14.2. The number of rotatable bonds is 16. The Morgan fingerprint density at radius 3 is 1.91 bits per heavy atom. The summed E-state index contributed by atoms with van der Waals surface area (Å²) >= 11 is 0. The van der Waals surface area contributed by atoms with Crippen molar-refractivity contribution in [3.05, 3.63) is 166 Å². The summed E-state index contributed by atoms with van der Waals surface area (Å²) in [6, 6.07) is 42.4. The Balaban J connectivity index is 1.44. The number of nitrogens with zero attached hydrogens (tertiary/aromatic N) is 5. The predicted octanol–water partition coefficient (Wildman–Crippen LogP) is 8.29. The first kappa shape index (κ1) is 41.6. The van der Waals surface area contributed by atoms with Crippen LogP contribution in [0.1, 0.15) is 73.0 Å². The Morgan fingerprint density at radius 2 is 1.40 bits per heavy atom. The Morgan fingerprint density at radius 1 is 0.877 bits per heavy atom. The molecule has 1 unspecified atom stereocenters. The summed E-state index contributed by atoms with van der Waals surface area (Å²) in [5, 5.41) is 12.1. The second kappa shape index (κ2) is 19.4. The number of nitriles is 1. The average molecular weight is 787 g/mol. The smallest absolute Gasteiger partial charge is 0.350 e. The maximum Gasteiger partial charge on any atom is 0.351 e. The van der Waals surface area contributed by atoms with Gasteiger partial charge in [0.15, 0.2) is 6.23 Å². The molecule has 1 aliphatic rings. The number of hydrogen-bond donors (Lipinski definition) is 1. The lowest BCUT2D eigenvalue weighted by Gasteiger charge is -2.50. The summed E-state index contributed by atoms with van der Waals surface area (Å²) in [6.07, 6.45) is 0.619. The van der Waals surface area contributed by atoms with Crippen LogP contribution in [-0.4, -0.2) is 69.5 Å². The number of carbonyl (C=O) groups excluding carboxylic acids is 1. The second-order valence-electron chi connectivity index (χ2n) is 14.6. The van der Waals surface area contributed by atoms with Crippen LogP contribution in [0.3, 0.4) is 0 Å². The molecule has 5 aromatic rings. The molecule has 0 aliphatic carbocycles. The molecule has 11 nitrogen and oxygen atoms in total. The van der Waals surface area contributed by atoms with Gasteiger partial charge in [-0.15, -0.1) is 0 Å². The maximum absolute atomic E-state index is 14.1. The highest BCUT2D eigenvalue weighted by Gasteiger charge is 2.47. The molecule has 0 bridgehead atoms. The first-order chi connectivity index (χ1) is 27.6. The average Bonchev–Trinajstić information content (AvgIpc) is 3.22. The molecular formula is C45H51N6O5P. The van der Waals surface area contributed by atoms with Crippen LogP contribution in [0.5, 0.6) is 0 Å². The fourth-order valence-corrected chi connectivity index (χ4v) is 9.19. The Hall–Kier alpha value is -5.05. The molecule has 57 heavy (non-hydrogen) atoms. The molecule has 2 heterocycles. The fourth-order valence-electron chi connectivity index (χ4n) is 7.55. The maximum atomic E-state index is 14.1. The van der Waals surface area contributed by atoms with Crippen molar-refractivity contribution in [2.24, 2.45) is 0 Å². The minimum Gasteiger partial charge on any atom is -0.350 e. The van der Waals surface area contributed by atoms with Crippen LogP contribution in [0, 0.1) is 18.3 Å². The van der Waals surface area contributed by atoms with Gasteiger partial charge in [0, 0.05) is 42.5 Å². The van der Waals surface area contributed by atoms with E-state index in [0.29, 0.717) is 24.2 Å². The number of anilines is 1. The van der Waals surface area contributed by atoms with E-state index < -0.39 is 32.1 Å². The van der Waals surface area contributed by atoms with Gasteiger partial charge in [-0.2, -0.15) is 10.2 Å². The largest absolute Gasteiger partial charge is 0.351 e. The summed E-state index contributed by atoms with van der Waals surface area (Å²) in [6.45, 7) is 11.4. The number of benzene rings is 4. The zero-order valence-corrected chi connectivity index (χ0v) is 34.1. The summed E-state index contributed by atoms with van der Waals surface area (Å²) in [5.74, 6) is -0.170. The van der Waals surface area contributed by atoms with Crippen molar-refractivity contribution in [2.45, 2.75) is 71.0 Å². The molecule has 12 heteroatoms. The molecule has 1 saturated heterocycles. The lowest BCUT2D eigenvalue weighted by molar-refractivity contribution is -0.149. The number of ether oxygens (including phenoxy) is 1. The molecule has 4 aromatic carbocycles. The molecule has 1 aliphatic heterocycles. The van der Waals surface area contributed by atoms with Gasteiger partial charge in [0.05, 0.1) is 37.3 Å². The molecule has 3 atom stereocenters. The van der Waals surface area contributed by atoms with Gasteiger partial charge in [0.2, 0.25) is 0 Å². The highest BCUT2D eigenvalue weighted by molar-refractivity contribution is 7.44. The van der Waals surface area contributed by atoms with Crippen LogP contribution >= 0.6 is 8.53 Å². The van der Waals surface area contributed by atoms with E-state index in [1.165, 1.54) is 4.57 Å². The summed E-state index contributed by atoms with van der Waals surface area (Å²) in [4.78, 5) is 33.9. The predicted molar refractivity (Wildman–Crippen MR) is 223 cm³/mol. The van der Waals surface area contributed by atoms with E-state index in [1.807, 2.05) is 67.6 Å². The summed E-state index contributed by atoms with van der Waals surface area (Å²) in [7, 11) is -1.56. The normalized spacial score (nSPS) is 16.8. The van der Waals surface area contributed by atoms with Crippen LogP contribution in [0.2, 0.25) is 0 Å². The van der Waals surface area contributed by atoms with Crippen molar-refractivity contribution >= 4 is 20.3 Å². The topological polar surface area (TPSA) is 122 Å². The van der Waals surface area contributed by atoms with Gasteiger partial charge in [0.1, 0.15) is 5.82 Å². The molecular weight excluding hydrogens is 736 g/mol. The van der Waals surface area contributed by atoms with Gasteiger partial charge in [-0.3, -0.25) is 14.3 Å². The second-order valence-corrected chi connectivity index (χ2v) is 16.0. The highest BCUT2D eigenvalue weighted by Crippen LogP contribution is 2.48. The van der Waals surface area contributed by atoms with Crippen LogP contribution in [0.15, 0.2) is 132 Å². The molecule has 296 valence electrons. The number of nitrogens with one attached hydrogen (secondary N) is 1. The van der Waals surface area contributed by atoms with Crippen molar-refractivity contribution in [3.63, 3.8) is 0 Å². The molecule has 0 saturated carbocycles. The molecule has 0 radical (unpaired) electrons. The monoisotopic (exact) mass is 786 g/mol. The zero-order valence-electron chi connectivity index (χ0n) is 33.2. The zero-order chi connectivity index (χ0) is 40.4. The van der Waals surface area contributed by atoms with Gasteiger partial charge >= 0.3 is 5.69 Å². The molecule has 1 aromatic heterocycles. The number of aryl methyl sites for hydroxylation is 1. The third kappa shape index (κ3) is 9.57. The summed E-state index contributed by atoms with van der Waals surface area (Å²) < 4.78 is 23.5. The van der Waals surface area contributed by atoms with Crippen molar-refractivity contribution < 1.29 is 18.6 Å². The molecule has 0 spiro atoms. The molecule has 6 rings (SSSR count). The van der Waals surface area contributed by atoms with Crippen molar-refractivity contribution in [2.75, 3.05) is 31.6 Å². The minimum atomic E-state index is -1.56. The third-order valence-corrected chi connectivity index (χ3v) is 12.0. The highest BCUT2D eigenvalue weighted by atomic mass is 31.2. The standard InChI is InChI=1S/C45H51N6O5P/c1-33(2)51(34(3)4)57(54-28-18-27-46)55-32-40-30-49(45(37-21-12-7-13-22-37,38-23-14-8-15-24-38)39-25-16-9-17-26-39)31-41(56-40)50-29-35(5)42(48-44(50)53)47-43(52)36-19-10-6-11-20-36/h6-17,19-26,29,33-34,40-41H,18,28,30-32H2,1-5H3,(H,47,48,52,53)/t40-,41+,57?/m0/s1. The number of hydrogen-bond acceptors (Lipinski definition) is 9. The Labute approximate surface area is 336 Å². The number of aromatic nitrogens is 2. The number of morpholine rings is 1. The van der Waals surface area contributed by atoms with Gasteiger partial charge in [-0.05, 0) is 63.4 Å². The molecule has 1 fully saturated rings. The summed E-state index contributed by atoms with van der Waals surface area (Å²) in [5.41, 5.74) is 2.85. The van der Waals surface area contributed by atoms with Crippen molar-refractivity contribution in [3.8, 4) is 6.07 Å². The van der Waals surface area contributed by atoms with E-state index in [4.69, 9.17) is 13.8 Å². The van der Waals surface area contributed by atoms with E-state index in [1.54, 1.807) is 30.5 Å². The van der Waals surface area contributed by atoms with E-state index in [9.17, 15) is 14.9 Å². The van der Waals surface area contributed by atoms with Gasteiger partial charge in [-0.25, -0.2) is 9.46 Å². The lowest BCUT2D eigenvalue weighted by atomic mass is 9.75. The van der Waals surface area contributed by atoms with E-state index in [2.05, 4.69) is 90.0 Å². The van der Waals surface area contributed by atoms with Crippen LogP contribution in [0.25, 0.3) is 0 Å². The van der Waals surface area contributed by atoms with E-state index in [0.717, 1.165) is 16.7 Å². The molecule has 1 N–H and O–H groups in total. The first-order valence-electron chi connectivity index (χ1n) is 19.4. The van der Waals surface area contributed by atoms with E-state index >= 15 is 0 Å². The molecule has 1 amide bonds. The van der Waals surface area contributed by atoms with Crippen LogP contribution in [0.4, 0.5) is 5.82 Å². The van der Waals surface area contributed by atoms with Crippen LogP contribution in [-0.2, 0) is 19.3 Å². The van der Waals surface area contributed by atoms with Gasteiger partial charge in [0.25, 0.3) is 14.4 Å². The third-order valence-electron chi connectivity index (χ3n) is 9.95. The SMILES string of the molecule is Cc1cn([C@H]2CN(C(c3ccccc3)(c3ccccc3)c3ccccc3)C[C@@H](COP(OCCC#N)N(C(C)C)C(C)C)O2)c(=O)nc1NC(=O)c1ccccc1. The first-order valence-corrected chi connectivity index (χ1v) is 20.5. The van der Waals surface area contributed by atoms with Crippen molar-refractivity contribution in [1.82, 2.24) is 19.1 Å². The van der Waals surface area contributed by atoms with E-state index in [-0.39, 0.29) is 43.4 Å². The lowest BCUT2D eigenvalue weighted by Crippen LogP contribution is -2.58. The quantitative estimate of drug-likeness (QED) is 0.0598. The van der Waals surface area contributed by atoms with Gasteiger partial charge in [-0.1, -0.05) is 109 Å². The number of carbonyl (C=O) groups is 1. The van der Waals surface area contributed by atoms with Crippen LogP contribution < -0.4 is 11.0 Å².